The van der Waals surface area contributed by atoms with Crippen molar-refractivity contribution in [1.82, 2.24) is 4.98 Å². The Morgan fingerprint density at radius 3 is 2.89 bits per heavy atom. The minimum Gasteiger partial charge on any atom is -0.321 e. The molecule has 0 atom stereocenters. The van der Waals surface area contributed by atoms with Gasteiger partial charge in [-0.05, 0) is 36.4 Å². The van der Waals surface area contributed by atoms with E-state index in [1.165, 1.54) is 0 Å². The van der Waals surface area contributed by atoms with E-state index in [-0.39, 0.29) is 5.91 Å². The van der Waals surface area contributed by atoms with Crippen LogP contribution in [0.4, 0.5) is 5.69 Å². The minimum absolute atomic E-state index is 0.0891. The van der Waals surface area contributed by atoms with Gasteiger partial charge in [0, 0.05) is 21.9 Å². The molecule has 1 N–H and O–H groups in total. The summed E-state index contributed by atoms with van der Waals surface area (Å²) >= 11 is 3.42. The molecule has 3 nitrogen and oxygen atoms in total. The van der Waals surface area contributed by atoms with Crippen molar-refractivity contribution in [2.24, 2.45) is 0 Å². The largest absolute Gasteiger partial charge is 0.321 e. The fourth-order valence-corrected chi connectivity index (χ4v) is 2.27. The van der Waals surface area contributed by atoms with E-state index in [1.54, 1.807) is 12.3 Å². The molecule has 0 fully saturated rings. The van der Waals surface area contributed by atoms with Crippen molar-refractivity contribution in [3.05, 3.63) is 58.3 Å². The summed E-state index contributed by atoms with van der Waals surface area (Å²) in [6.07, 6.45) is 3.51. The van der Waals surface area contributed by atoms with Crippen molar-refractivity contribution in [2.75, 3.05) is 5.32 Å². The number of aromatic nitrogens is 1. The van der Waals surface area contributed by atoms with E-state index in [0.717, 1.165) is 21.4 Å². The summed E-state index contributed by atoms with van der Waals surface area (Å²) in [4.78, 5) is 16.1. The van der Waals surface area contributed by atoms with Crippen LogP contribution in [0, 0.1) is 0 Å². The van der Waals surface area contributed by atoms with Crippen LogP contribution in [-0.4, -0.2) is 10.9 Å². The van der Waals surface area contributed by atoms with Gasteiger partial charge in [-0.1, -0.05) is 22.0 Å². The second kappa shape index (κ2) is 4.38. The topological polar surface area (TPSA) is 42.0 Å². The average molecular weight is 301 g/mol. The first kappa shape index (κ1) is 11.2. The quantitative estimate of drug-likeness (QED) is 0.821. The Bertz CT molecular complexity index is 650. The summed E-state index contributed by atoms with van der Waals surface area (Å²) in [6, 6.07) is 11.3. The summed E-state index contributed by atoms with van der Waals surface area (Å²) < 4.78 is 0.949. The van der Waals surface area contributed by atoms with Crippen LogP contribution in [0.1, 0.15) is 11.3 Å². The average Bonchev–Trinajstić information content (AvgIpc) is 2.67. The van der Waals surface area contributed by atoms with Gasteiger partial charge in [-0.15, -0.1) is 0 Å². The molecule has 0 radical (unpaired) electrons. The molecule has 1 aliphatic rings. The van der Waals surface area contributed by atoms with Crippen molar-refractivity contribution >= 4 is 39.2 Å². The summed E-state index contributed by atoms with van der Waals surface area (Å²) in [7, 11) is 0. The van der Waals surface area contributed by atoms with Crippen LogP contribution < -0.4 is 5.32 Å². The highest BCUT2D eigenvalue weighted by Crippen LogP contribution is 2.34. The number of pyridine rings is 1. The van der Waals surface area contributed by atoms with Crippen LogP contribution in [0.25, 0.3) is 11.6 Å². The number of halogens is 1. The van der Waals surface area contributed by atoms with E-state index in [4.69, 9.17) is 0 Å². The maximum atomic E-state index is 11.9. The molecule has 2 heterocycles. The lowest BCUT2D eigenvalue weighted by Crippen LogP contribution is -2.03. The fraction of sp³-hybridized carbons (Fsp3) is 0. The molecule has 4 heteroatoms. The van der Waals surface area contributed by atoms with Crippen LogP contribution in [-0.2, 0) is 4.79 Å². The number of hydrogen-bond donors (Lipinski definition) is 1. The van der Waals surface area contributed by atoms with Gasteiger partial charge in [0.05, 0.1) is 11.3 Å². The number of amides is 1. The van der Waals surface area contributed by atoms with E-state index in [9.17, 15) is 4.79 Å². The zero-order chi connectivity index (χ0) is 12.5. The fourth-order valence-electron chi connectivity index (χ4n) is 1.91. The molecule has 1 aromatic heterocycles. The van der Waals surface area contributed by atoms with Gasteiger partial charge >= 0.3 is 0 Å². The number of nitrogens with zero attached hydrogens (tertiary/aromatic N) is 1. The predicted molar refractivity (Wildman–Crippen MR) is 74.9 cm³/mol. The van der Waals surface area contributed by atoms with Gasteiger partial charge in [0.2, 0.25) is 0 Å². The zero-order valence-electron chi connectivity index (χ0n) is 9.35. The molecule has 0 spiro atoms. The molecular formula is C14H9BrN2O. The van der Waals surface area contributed by atoms with Crippen molar-refractivity contribution in [3.8, 4) is 0 Å². The zero-order valence-corrected chi connectivity index (χ0v) is 10.9. The standard InChI is InChI=1S/C14H9BrN2O/c15-9-4-5-13-11(7-9)12(14(18)17-13)8-10-3-1-2-6-16-10/h1-8H,(H,17,18). The Labute approximate surface area is 113 Å². The minimum atomic E-state index is -0.0891. The van der Waals surface area contributed by atoms with Crippen LogP contribution in [0.5, 0.6) is 0 Å². The molecule has 0 bridgehead atoms. The monoisotopic (exact) mass is 300 g/mol. The molecule has 1 amide bonds. The summed E-state index contributed by atoms with van der Waals surface area (Å²) in [6.45, 7) is 0. The number of hydrogen-bond acceptors (Lipinski definition) is 2. The van der Waals surface area contributed by atoms with Crippen LogP contribution in [0.15, 0.2) is 47.1 Å². The Hall–Kier alpha value is -1.94. The first-order chi connectivity index (χ1) is 8.74. The van der Waals surface area contributed by atoms with Crippen molar-refractivity contribution in [3.63, 3.8) is 0 Å². The Morgan fingerprint density at radius 2 is 2.11 bits per heavy atom. The van der Waals surface area contributed by atoms with Gasteiger partial charge in [-0.2, -0.15) is 0 Å². The highest BCUT2D eigenvalue weighted by molar-refractivity contribution is 9.10. The number of fused-ring (bicyclic) bond motifs is 1. The molecule has 3 rings (SSSR count). The number of benzene rings is 1. The van der Waals surface area contributed by atoms with Gasteiger partial charge in [0.25, 0.3) is 5.91 Å². The van der Waals surface area contributed by atoms with E-state index >= 15 is 0 Å². The first-order valence-corrected chi connectivity index (χ1v) is 6.27. The van der Waals surface area contributed by atoms with Gasteiger partial charge in [-0.3, -0.25) is 9.78 Å². The number of carbonyl (C=O) groups is 1. The molecule has 1 aliphatic heterocycles. The number of rotatable bonds is 1. The maximum absolute atomic E-state index is 11.9. The molecule has 0 saturated carbocycles. The Kier molecular flexibility index (Phi) is 2.72. The Morgan fingerprint density at radius 1 is 1.22 bits per heavy atom. The smallest absolute Gasteiger partial charge is 0.256 e. The van der Waals surface area contributed by atoms with E-state index in [1.807, 2.05) is 36.4 Å². The van der Waals surface area contributed by atoms with Gasteiger partial charge in [0.15, 0.2) is 0 Å². The molecular weight excluding hydrogens is 292 g/mol. The summed E-state index contributed by atoms with van der Waals surface area (Å²) in [5.74, 6) is -0.0891. The summed E-state index contributed by atoms with van der Waals surface area (Å²) in [5.41, 5.74) is 3.16. The second-order valence-corrected chi connectivity index (χ2v) is 4.87. The number of carbonyl (C=O) groups excluding carboxylic acids is 1. The lowest BCUT2D eigenvalue weighted by molar-refractivity contribution is -0.110. The molecule has 18 heavy (non-hydrogen) atoms. The predicted octanol–water partition coefficient (Wildman–Crippen LogP) is 3.34. The molecule has 0 aliphatic carbocycles. The van der Waals surface area contributed by atoms with Gasteiger partial charge in [0.1, 0.15) is 0 Å². The van der Waals surface area contributed by atoms with Crippen molar-refractivity contribution in [2.45, 2.75) is 0 Å². The molecule has 88 valence electrons. The lowest BCUT2D eigenvalue weighted by atomic mass is 10.1. The molecule has 0 saturated heterocycles. The van der Waals surface area contributed by atoms with E-state index in [2.05, 4.69) is 26.2 Å². The number of anilines is 1. The third kappa shape index (κ3) is 1.95. The summed E-state index contributed by atoms with van der Waals surface area (Å²) in [5, 5.41) is 2.84. The van der Waals surface area contributed by atoms with Crippen molar-refractivity contribution in [1.29, 1.82) is 0 Å². The van der Waals surface area contributed by atoms with Crippen LogP contribution >= 0.6 is 15.9 Å². The molecule has 2 aromatic rings. The maximum Gasteiger partial charge on any atom is 0.256 e. The number of nitrogens with one attached hydrogen (secondary N) is 1. The SMILES string of the molecule is O=C1Nc2ccc(Br)cc2C1=Cc1ccccn1. The third-order valence-electron chi connectivity index (χ3n) is 2.74. The highest BCUT2D eigenvalue weighted by Gasteiger charge is 2.24. The van der Waals surface area contributed by atoms with Crippen molar-refractivity contribution < 1.29 is 4.79 Å². The van der Waals surface area contributed by atoms with Gasteiger partial charge in [-0.25, -0.2) is 0 Å². The third-order valence-corrected chi connectivity index (χ3v) is 3.24. The van der Waals surface area contributed by atoms with E-state index < -0.39 is 0 Å². The second-order valence-electron chi connectivity index (χ2n) is 3.96. The van der Waals surface area contributed by atoms with Crippen LogP contribution in [0.3, 0.4) is 0 Å². The lowest BCUT2D eigenvalue weighted by Gasteiger charge is -1.99. The first-order valence-electron chi connectivity index (χ1n) is 5.48. The van der Waals surface area contributed by atoms with Crippen LogP contribution in [0.2, 0.25) is 0 Å². The normalized spacial score (nSPS) is 15.6. The molecule has 0 unspecified atom stereocenters. The van der Waals surface area contributed by atoms with E-state index in [0.29, 0.717) is 5.57 Å². The van der Waals surface area contributed by atoms with Gasteiger partial charge < -0.3 is 5.32 Å². The molecule has 1 aromatic carbocycles. The Balaban J connectivity index is 2.12. The highest BCUT2D eigenvalue weighted by atomic mass is 79.9.